The van der Waals surface area contributed by atoms with E-state index in [2.05, 4.69) is 10.9 Å². The van der Waals surface area contributed by atoms with E-state index in [-0.39, 0.29) is 11.8 Å². The number of methoxy groups -OCH3 is 3. The first-order valence-electron chi connectivity index (χ1n) is 5.85. The van der Waals surface area contributed by atoms with Gasteiger partial charge in [0.2, 0.25) is 5.91 Å². The highest BCUT2D eigenvalue weighted by molar-refractivity contribution is 5.84. The lowest BCUT2D eigenvalue weighted by Crippen LogP contribution is -2.37. The van der Waals surface area contributed by atoms with Gasteiger partial charge in [0, 0.05) is 18.7 Å². The fourth-order valence-corrected chi connectivity index (χ4v) is 1.76. The Morgan fingerprint density at radius 1 is 1.05 bits per heavy atom. The maximum Gasteiger partial charge on any atom is 0.241 e. The topological polar surface area (TPSA) is 68.8 Å². The van der Waals surface area contributed by atoms with Crippen molar-refractivity contribution >= 4 is 5.91 Å². The van der Waals surface area contributed by atoms with Crippen molar-refractivity contribution in [3.8, 4) is 17.2 Å². The van der Waals surface area contributed by atoms with E-state index < -0.39 is 0 Å². The average Bonchev–Trinajstić information content (AvgIpc) is 2.45. The minimum absolute atomic E-state index is 0.159. The van der Waals surface area contributed by atoms with Crippen LogP contribution in [0.3, 0.4) is 0 Å². The molecular formula is C13H20N2O4. The number of hydrazine groups is 1. The molecule has 1 atom stereocenters. The number of benzene rings is 1. The van der Waals surface area contributed by atoms with E-state index in [0.717, 1.165) is 5.56 Å². The Bertz CT molecular complexity index is 449. The Morgan fingerprint density at radius 2 is 1.58 bits per heavy atom. The molecule has 106 valence electrons. The molecule has 1 rings (SSSR count). The predicted molar refractivity (Wildman–Crippen MR) is 71.7 cm³/mol. The number of ether oxygens (including phenoxy) is 3. The van der Waals surface area contributed by atoms with Crippen LogP contribution in [-0.2, 0) is 4.79 Å². The number of nitrogens with one attached hydrogen (secondary N) is 2. The summed E-state index contributed by atoms with van der Waals surface area (Å²) in [5, 5.41) is 0. The van der Waals surface area contributed by atoms with E-state index in [1.54, 1.807) is 47.4 Å². The molecule has 0 spiro atoms. The molecule has 19 heavy (non-hydrogen) atoms. The summed E-state index contributed by atoms with van der Waals surface area (Å²) in [6, 6.07) is 3.45. The zero-order valence-corrected chi connectivity index (χ0v) is 11.9. The van der Waals surface area contributed by atoms with E-state index in [1.165, 1.54) is 0 Å². The van der Waals surface area contributed by atoms with Gasteiger partial charge in [-0.05, 0) is 13.0 Å². The van der Waals surface area contributed by atoms with Gasteiger partial charge in [0.05, 0.1) is 27.2 Å². The second-order valence-corrected chi connectivity index (χ2v) is 3.91. The zero-order chi connectivity index (χ0) is 14.4. The lowest BCUT2D eigenvalue weighted by Gasteiger charge is -2.18. The highest BCUT2D eigenvalue weighted by Crippen LogP contribution is 2.37. The van der Waals surface area contributed by atoms with E-state index >= 15 is 0 Å². The molecule has 0 saturated heterocycles. The summed E-state index contributed by atoms with van der Waals surface area (Å²) in [4.78, 5) is 11.9. The van der Waals surface area contributed by atoms with Crippen molar-refractivity contribution in [3.63, 3.8) is 0 Å². The number of carbonyl (C=O) groups excluding carboxylic acids is 1. The van der Waals surface area contributed by atoms with Crippen molar-refractivity contribution in [2.75, 3.05) is 28.4 Å². The summed E-state index contributed by atoms with van der Waals surface area (Å²) >= 11 is 0. The van der Waals surface area contributed by atoms with Crippen LogP contribution in [0.15, 0.2) is 12.1 Å². The summed E-state index contributed by atoms with van der Waals surface area (Å²) < 4.78 is 15.7. The number of amides is 1. The fraction of sp³-hybridized carbons (Fsp3) is 0.462. The maximum absolute atomic E-state index is 11.9. The molecule has 0 fully saturated rings. The number of rotatable bonds is 6. The summed E-state index contributed by atoms with van der Waals surface area (Å²) in [5.41, 5.74) is 5.88. The van der Waals surface area contributed by atoms with Crippen molar-refractivity contribution in [1.29, 1.82) is 0 Å². The summed E-state index contributed by atoms with van der Waals surface area (Å²) in [6.07, 6.45) is 0. The smallest absolute Gasteiger partial charge is 0.241 e. The predicted octanol–water partition coefficient (Wildman–Crippen LogP) is 1.07. The first kappa shape index (κ1) is 15.1. The van der Waals surface area contributed by atoms with Gasteiger partial charge in [-0.3, -0.25) is 10.2 Å². The van der Waals surface area contributed by atoms with Crippen LogP contribution >= 0.6 is 0 Å². The van der Waals surface area contributed by atoms with E-state index in [4.69, 9.17) is 14.2 Å². The number of hydrogen-bond donors (Lipinski definition) is 2. The van der Waals surface area contributed by atoms with Crippen molar-refractivity contribution in [1.82, 2.24) is 10.9 Å². The molecular weight excluding hydrogens is 248 g/mol. The normalized spacial score (nSPS) is 11.6. The molecule has 1 amide bonds. The Hall–Kier alpha value is -1.95. The minimum atomic E-state index is -0.387. The largest absolute Gasteiger partial charge is 0.496 e. The SMILES string of the molecule is CNNC(=O)C(C)c1cc(OC)c(OC)cc1OC. The first-order valence-corrected chi connectivity index (χ1v) is 5.85. The lowest BCUT2D eigenvalue weighted by atomic mass is 9.98. The van der Waals surface area contributed by atoms with Gasteiger partial charge in [-0.1, -0.05) is 0 Å². The molecule has 6 heteroatoms. The van der Waals surface area contributed by atoms with Gasteiger partial charge in [-0.25, -0.2) is 5.43 Å². The summed E-state index contributed by atoms with van der Waals surface area (Å²) in [5.74, 6) is 1.15. The van der Waals surface area contributed by atoms with E-state index in [1.807, 2.05) is 0 Å². The Morgan fingerprint density at radius 3 is 2.05 bits per heavy atom. The van der Waals surface area contributed by atoms with Gasteiger partial charge in [-0.2, -0.15) is 0 Å². The summed E-state index contributed by atoms with van der Waals surface area (Å²) in [6.45, 7) is 1.79. The third-order valence-electron chi connectivity index (χ3n) is 2.84. The van der Waals surface area contributed by atoms with Gasteiger partial charge in [0.25, 0.3) is 0 Å². The van der Waals surface area contributed by atoms with Crippen molar-refractivity contribution in [3.05, 3.63) is 17.7 Å². The Labute approximate surface area is 113 Å². The molecule has 0 aromatic heterocycles. The fourth-order valence-electron chi connectivity index (χ4n) is 1.76. The van der Waals surface area contributed by atoms with Crippen molar-refractivity contribution in [2.24, 2.45) is 0 Å². The van der Waals surface area contributed by atoms with Gasteiger partial charge < -0.3 is 14.2 Å². The van der Waals surface area contributed by atoms with Crippen LogP contribution in [0.5, 0.6) is 17.2 Å². The molecule has 1 aromatic carbocycles. The molecule has 2 N–H and O–H groups in total. The molecule has 0 saturated carbocycles. The third kappa shape index (κ3) is 3.29. The van der Waals surface area contributed by atoms with Gasteiger partial charge in [-0.15, -0.1) is 0 Å². The van der Waals surface area contributed by atoms with Crippen LogP contribution in [-0.4, -0.2) is 34.3 Å². The van der Waals surface area contributed by atoms with Crippen LogP contribution in [0.25, 0.3) is 0 Å². The molecule has 0 heterocycles. The highest BCUT2D eigenvalue weighted by atomic mass is 16.5. The lowest BCUT2D eigenvalue weighted by molar-refractivity contribution is -0.123. The monoisotopic (exact) mass is 268 g/mol. The molecule has 0 bridgehead atoms. The standard InChI is InChI=1S/C13H20N2O4/c1-8(13(16)15-14-2)9-6-11(18-4)12(19-5)7-10(9)17-3/h6-8,14H,1-5H3,(H,15,16). The zero-order valence-electron chi connectivity index (χ0n) is 11.9. The van der Waals surface area contributed by atoms with Crippen molar-refractivity contribution < 1.29 is 19.0 Å². The minimum Gasteiger partial charge on any atom is -0.496 e. The van der Waals surface area contributed by atoms with Crippen molar-refractivity contribution in [2.45, 2.75) is 12.8 Å². The van der Waals surface area contributed by atoms with Gasteiger partial charge >= 0.3 is 0 Å². The molecule has 0 aliphatic rings. The van der Waals surface area contributed by atoms with E-state index in [9.17, 15) is 4.79 Å². The van der Waals surface area contributed by atoms with Gasteiger partial charge in [0.15, 0.2) is 11.5 Å². The second-order valence-electron chi connectivity index (χ2n) is 3.91. The Kier molecular flexibility index (Phi) is 5.44. The number of hydrogen-bond acceptors (Lipinski definition) is 5. The molecule has 1 aromatic rings. The summed E-state index contributed by atoms with van der Waals surface area (Å²) in [7, 11) is 6.28. The molecule has 0 radical (unpaired) electrons. The number of carbonyl (C=O) groups is 1. The molecule has 1 unspecified atom stereocenters. The van der Waals surface area contributed by atoms with E-state index in [0.29, 0.717) is 17.2 Å². The second kappa shape index (κ2) is 6.84. The Balaban J connectivity index is 3.21. The first-order chi connectivity index (χ1) is 9.08. The molecule has 0 aliphatic heterocycles. The third-order valence-corrected chi connectivity index (χ3v) is 2.84. The quantitative estimate of drug-likeness (QED) is 0.755. The van der Waals surface area contributed by atoms with Gasteiger partial charge in [0.1, 0.15) is 5.75 Å². The molecule has 0 aliphatic carbocycles. The molecule has 6 nitrogen and oxygen atoms in total. The van der Waals surface area contributed by atoms with Crippen LogP contribution < -0.4 is 25.1 Å². The van der Waals surface area contributed by atoms with Crippen LogP contribution in [0.2, 0.25) is 0 Å². The highest BCUT2D eigenvalue weighted by Gasteiger charge is 2.21. The average molecular weight is 268 g/mol. The van der Waals surface area contributed by atoms with Crippen LogP contribution in [0, 0.1) is 0 Å². The van der Waals surface area contributed by atoms with Crippen LogP contribution in [0.4, 0.5) is 0 Å². The van der Waals surface area contributed by atoms with Crippen LogP contribution in [0.1, 0.15) is 18.4 Å². The maximum atomic E-state index is 11.9.